The molecule has 26 heavy (non-hydrogen) atoms. The highest BCUT2D eigenvalue weighted by Gasteiger charge is 2.18. The Labute approximate surface area is 164 Å². The van der Waals surface area contributed by atoms with Crippen molar-refractivity contribution in [2.24, 2.45) is 0 Å². The van der Waals surface area contributed by atoms with E-state index in [0.717, 1.165) is 43.3 Å². The van der Waals surface area contributed by atoms with Crippen molar-refractivity contribution in [3.05, 3.63) is 69.7 Å². The van der Waals surface area contributed by atoms with Crippen LogP contribution in [0, 0.1) is 0 Å². The van der Waals surface area contributed by atoms with Crippen LogP contribution in [0.4, 0.5) is 0 Å². The molecule has 1 aliphatic heterocycles. The first kappa shape index (κ1) is 19.2. The summed E-state index contributed by atoms with van der Waals surface area (Å²) in [5.74, 6) is 0.0612. The topological polar surface area (TPSA) is 35.6 Å². The first-order valence-corrected chi connectivity index (χ1v) is 9.54. The van der Waals surface area contributed by atoms with Crippen LogP contribution in [0.1, 0.15) is 11.1 Å². The molecule has 0 aromatic heterocycles. The summed E-state index contributed by atoms with van der Waals surface area (Å²) < 4.78 is 0. The molecule has 1 heterocycles. The molecule has 6 heteroatoms. The van der Waals surface area contributed by atoms with Crippen molar-refractivity contribution in [3.8, 4) is 0 Å². The molecule has 0 unspecified atom stereocenters. The lowest BCUT2D eigenvalue weighted by atomic mass is 10.2. The minimum atomic E-state index is 0.0612. The predicted molar refractivity (Wildman–Crippen MR) is 106 cm³/mol. The van der Waals surface area contributed by atoms with Gasteiger partial charge in [-0.15, -0.1) is 0 Å². The lowest BCUT2D eigenvalue weighted by Crippen LogP contribution is -2.49. The van der Waals surface area contributed by atoms with E-state index in [4.69, 9.17) is 23.2 Å². The second-order valence-corrected chi connectivity index (χ2v) is 7.45. The number of benzene rings is 2. The fourth-order valence-corrected chi connectivity index (χ4v) is 3.27. The average molecular weight is 392 g/mol. The quantitative estimate of drug-likeness (QED) is 0.818. The number of nitrogens with one attached hydrogen (secondary N) is 1. The Kier molecular flexibility index (Phi) is 6.92. The molecule has 1 amide bonds. The molecule has 0 radical (unpaired) electrons. The molecule has 0 atom stereocenters. The zero-order valence-electron chi connectivity index (χ0n) is 14.6. The second-order valence-electron chi connectivity index (χ2n) is 6.58. The average Bonchev–Trinajstić information content (AvgIpc) is 2.65. The lowest BCUT2D eigenvalue weighted by molar-refractivity contribution is -0.122. The second kappa shape index (κ2) is 9.38. The monoisotopic (exact) mass is 391 g/mol. The van der Waals surface area contributed by atoms with E-state index in [-0.39, 0.29) is 5.91 Å². The fourth-order valence-electron chi connectivity index (χ4n) is 3.02. The van der Waals surface area contributed by atoms with Gasteiger partial charge in [0.25, 0.3) is 0 Å². The fraction of sp³-hybridized carbons (Fsp3) is 0.350. The Morgan fingerprint density at radius 2 is 1.31 bits per heavy atom. The molecule has 0 aliphatic carbocycles. The van der Waals surface area contributed by atoms with E-state index in [1.807, 2.05) is 36.4 Å². The largest absolute Gasteiger partial charge is 0.351 e. The van der Waals surface area contributed by atoms with Gasteiger partial charge in [-0.25, -0.2) is 0 Å². The van der Waals surface area contributed by atoms with E-state index in [9.17, 15) is 4.79 Å². The van der Waals surface area contributed by atoms with Crippen LogP contribution in [0.25, 0.3) is 0 Å². The van der Waals surface area contributed by atoms with Gasteiger partial charge < -0.3 is 5.32 Å². The molecule has 2 aromatic carbocycles. The molecule has 0 saturated carbocycles. The van der Waals surface area contributed by atoms with E-state index in [0.29, 0.717) is 18.1 Å². The molecule has 3 rings (SSSR count). The highest BCUT2D eigenvalue weighted by atomic mass is 35.5. The van der Waals surface area contributed by atoms with Crippen LogP contribution in [-0.2, 0) is 17.9 Å². The SMILES string of the molecule is O=C(CN1CCN(Cc2ccc(Cl)cc2)CC1)NCc1ccc(Cl)cc1. The molecule has 0 bridgehead atoms. The predicted octanol–water partition coefficient (Wildman–Crippen LogP) is 3.43. The normalized spacial score (nSPS) is 15.8. The molecule has 138 valence electrons. The Morgan fingerprint density at radius 3 is 1.88 bits per heavy atom. The first-order valence-electron chi connectivity index (χ1n) is 8.79. The molecule has 0 spiro atoms. The summed E-state index contributed by atoms with van der Waals surface area (Å²) in [6, 6.07) is 15.5. The van der Waals surface area contributed by atoms with E-state index in [2.05, 4.69) is 27.2 Å². The summed E-state index contributed by atoms with van der Waals surface area (Å²) in [7, 11) is 0. The Bertz CT molecular complexity index is 711. The Balaban J connectivity index is 1.37. The third kappa shape index (κ3) is 5.99. The van der Waals surface area contributed by atoms with Crippen molar-refractivity contribution in [2.45, 2.75) is 13.1 Å². The number of hydrogen-bond donors (Lipinski definition) is 1. The van der Waals surface area contributed by atoms with Gasteiger partial charge in [0.1, 0.15) is 0 Å². The minimum absolute atomic E-state index is 0.0612. The smallest absolute Gasteiger partial charge is 0.234 e. The summed E-state index contributed by atoms with van der Waals surface area (Å²) in [6.45, 7) is 5.65. The highest BCUT2D eigenvalue weighted by Crippen LogP contribution is 2.13. The number of carbonyl (C=O) groups excluding carboxylic acids is 1. The maximum Gasteiger partial charge on any atom is 0.234 e. The van der Waals surface area contributed by atoms with E-state index < -0.39 is 0 Å². The molecule has 1 fully saturated rings. The first-order chi connectivity index (χ1) is 12.6. The van der Waals surface area contributed by atoms with Crippen LogP contribution in [0.5, 0.6) is 0 Å². The number of piperazine rings is 1. The van der Waals surface area contributed by atoms with Crippen molar-refractivity contribution >= 4 is 29.1 Å². The van der Waals surface area contributed by atoms with Gasteiger partial charge in [-0.1, -0.05) is 47.5 Å². The van der Waals surface area contributed by atoms with E-state index in [1.165, 1.54) is 5.56 Å². The van der Waals surface area contributed by atoms with Crippen molar-refractivity contribution in [3.63, 3.8) is 0 Å². The van der Waals surface area contributed by atoms with E-state index >= 15 is 0 Å². The molecule has 1 N–H and O–H groups in total. The third-order valence-corrected chi connectivity index (χ3v) is 5.06. The standard InChI is InChI=1S/C20H23Cl2N3O/c21-18-5-1-16(2-6-18)13-23-20(26)15-25-11-9-24(10-12-25)14-17-3-7-19(22)8-4-17/h1-8H,9-15H2,(H,23,26). The summed E-state index contributed by atoms with van der Waals surface area (Å²) in [6.07, 6.45) is 0. The van der Waals surface area contributed by atoms with Crippen LogP contribution in [-0.4, -0.2) is 48.4 Å². The van der Waals surface area contributed by atoms with Crippen LogP contribution < -0.4 is 5.32 Å². The van der Waals surface area contributed by atoms with Gasteiger partial charge in [0.15, 0.2) is 0 Å². The molecule has 2 aromatic rings. The van der Waals surface area contributed by atoms with Gasteiger partial charge >= 0.3 is 0 Å². The zero-order valence-corrected chi connectivity index (χ0v) is 16.1. The molecular weight excluding hydrogens is 369 g/mol. The number of carbonyl (C=O) groups is 1. The number of rotatable bonds is 6. The van der Waals surface area contributed by atoms with Crippen LogP contribution in [0.3, 0.4) is 0 Å². The van der Waals surface area contributed by atoms with Gasteiger partial charge in [-0.2, -0.15) is 0 Å². The highest BCUT2D eigenvalue weighted by molar-refractivity contribution is 6.30. The molecular formula is C20H23Cl2N3O. The Morgan fingerprint density at radius 1 is 0.808 bits per heavy atom. The third-order valence-electron chi connectivity index (χ3n) is 4.55. The van der Waals surface area contributed by atoms with Gasteiger partial charge in [-0.3, -0.25) is 14.6 Å². The summed E-state index contributed by atoms with van der Waals surface area (Å²) in [4.78, 5) is 16.8. The Hall–Kier alpha value is -1.59. The number of hydrogen-bond acceptors (Lipinski definition) is 3. The molecule has 1 saturated heterocycles. The lowest BCUT2D eigenvalue weighted by Gasteiger charge is -2.34. The maximum absolute atomic E-state index is 12.2. The summed E-state index contributed by atoms with van der Waals surface area (Å²) >= 11 is 11.8. The molecule has 1 aliphatic rings. The van der Waals surface area contributed by atoms with E-state index in [1.54, 1.807) is 0 Å². The van der Waals surface area contributed by atoms with Crippen LogP contribution in [0.15, 0.2) is 48.5 Å². The maximum atomic E-state index is 12.2. The van der Waals surface area contributed by atoms with Crippen molar-refractivity contribution < 1.29 is 4.79 Å². The van der Waals surface area contributed by atoms with Gasteiger partial charge in [0, 0.05) is 49.3 Å². The number of amides is 1. The summed E-state index contributed by atoms with van der Waals surface area (Å²) in [5, 5.41) is 4.44. The van der Waals surface area contributed by atoms with Gasteiger partial charge in [0.2, 0.25) is 5.91 Å². The molecule has 4 nitrogen and oxygen atoms in total. The van der Waals surface area contributed by atoms with Gasteiger partial charge in [-0.05, 0) is 35.4 Å². The van der Waals surface area contributed by atoms with Crippen LogP contribution in [0.2, 0.25) is 10.0 Å². The zero-order chi connectivity index (χ0) is 18.4. The van der Waals surface area contributed by atoms with Crippen molar-refractivity contribution in [1.29, 1.82) is 0 Å². The van der Waals surface area contributed by atoms with Crippen LogP contribution >= 0.6 is 23.2 Å². The van der Waals surface area contributed by atoms with Crippen molar-refractivity contribution in [1.82, 2.24) is 15.1 Å². The number of nitrogens with zero attached hydrogens (tertiary/aromatic N) is 2. The van der Waals surface area contributed by atoms with Crippen molar-refractivity contribution in [2.75, 3.05) is 32.7 Å². The van der Waals surface area contributed by atoms with Gasteiger partial charge in [0.05, 0.1) is 6.54 Å². The minimum Gasteiger partial charge on any atom is -0.351 e. The number of halogens is 2. The summed E-state index contributed by atoms with van der Waals surface area (Å²) in [5.41, 5.74) is 2.32.